The topological polar surface area (TPSA) is 92.8 Å². The molecule has 0 saturated carbocycles. The van der Waals surface area contributed by atoms with E-state index >= 15 is 0 Å². The zero-order valence-electron chi connectivity index (χ0n) is 16.6. The van der Waals surface area contributed by atoms with E-state index in [1.165, 1.54) is 41.7 Å². The first-order valence-electron chi connectivity index (χ1n) is 9.47. The molecular weight excluding hydrogens is 462 g/mol. The summed E-state index contributed by atoms with van der Waals surface area (Å²) in [6, 6.07) is 9.11. The maximum atomic E-state index is 12.5. The van der Waals surface area contributed by atoms with Gasteiger partial charge in [0, 0.05) is 25.9 Å². The predicted molar refractivity (Wildman–Crippen MR) is 117 cm³/mol. The number of carbonyl (C=O) groups is 4. The number of amides is 3. The third-order valence-electron chi connectivity index (χ3n) is 4.31. The Morgan fingerprint density at radius 3 is 2.53 bits per heavy atom. The summed E-state index contributed by atoms with van der Waals surface area (Å²) in [5, 5.41) is 3.92. The lowest BCUT2D eigenvalue weighted by Gasteiger charge is -2.12. The number of Topliss-reactive ketones (excluding diaryl/α,β-unsaturated/α-hetero) is 1. The quantitative estimate of drug-likeness (QED) is 0.405. The van der Waals surface area contributed by atoms with E-state index in [-0.39, 0.29) is 48.3 Å². The zero-order chi connectivity index (χ0) is 23.1. The maximum Gasteiger partial charge on any atom is 0.387 e. The molecule has 0 radical (unpaired) electrons. The molecule has 0 atom stereocenters. The molecule has 1 aliphatic heterocycles. The van der Waals surface area contributed by atoms with Crippen molar-refractivity contribution in [2.75, 3.05) is 13.1 Å². The normalized spacial score (nSPS) is 15.0. The van der Waals surface area contributed by atoms with Crippen LogP contribution < -0.4 is 10.1 Å². The number of halogens is 2. The molecular formula is C21H18F2N2O5S2. The van der Waals surface area contributed by atoms with Crippen LogP contribution in [0.25, 0.3) is 6.08 Å². The molecule has 2 aromatic rings. The van der Waals surface area contributed by atoms with Gasteiger partial charge < -0.3 is 10.1 Å². The Morgan fingerprint density at radius 2 is 1.88 bits per heavy atom. The highest BCUT2D eigenvalue weighted by atomic mass is 32.2. The van der Waals surface area contributed by atoms with Crippen molar-refractivity contribution in [1.29, 1.82) is 0 Å². The summed E-state index contributed by atoms with van der Waals surface area (Å²) in [4.78, 5) is 50.3. The van der Waals surface area contributed by atoms with Gasteiger partial charge in [-0.25, -0.2) is 0 Å². The number of carbonyl (C=O) groups excluding carboxylic acids is 4. The fourth-order valence-electron chi connectivity index (χ4n) is 2.77. The fourth-order valence-corrected chi connectivity index (χ4v) is 4.33. The summed E-state index contributed by atoms with van der Waals surface area (Å²) >= 11 is 2.07. The van der Waals surface area contributed by atoms with E-state index in [1.54, 1.807) is 17.5 Å². The molecule has 3 rings (SSSR count). The molecule has 1 N–H and O–H groups in total. The molecule has 11 heteroatoms. The SMILES string of the molecule is O=C(CCC(=O)c1cccs1)NCCN1C(=O)S/C(=C\c2ccc(OC(F)F)cc2)C1=O. The minimum absolute atomic E-state index is 0.00617. The number of thioether (sulfide) groups is 1. The van der Waals surface area contributed by atoms with E-state index in [0.717, 1.165) is 16.7 Å². The van der Waals surface area contributed by atoms with E-state index in [4.69, 9.17) is 0 Å². The van der Waals surface area contributed by atoms with Gasteiger partial charge in [-0.3, -0.25) is 24.1 Å². The molecule has 3 amide bonds. The highest BCUT2D eigenvalue weighted by Gasteiger charge is 2.34. The number of thiophene rings is 1. The van der Waals surface area contributed by atoms with Gasteiger partial charge in [-0.15, -0.1) is 11.3 Å². The van der Waals surface area contributed by atoms with E-state index in [2.05, 4.69) is 10.1 Å². The van der Waals surface area contributed by atoms with Gasteiger partial charge in [0.1, 0.15) is 5.75 Å². The van der Waals surface area contributed by atoms with E-state index < -0.39 is 17.8 Å². The van der Waals surface area contributed by atoms with Crippen molar-refractivity contribution in [2.24, 2.45) is 0 Å². The lowest BCUT2D eigenvalue weighted by molar-refractivity contribution is -0.124. The number of benzene rings is 1. The summed E-state index contributed by atoms with van der Waals surface area (Å²) < 4.78 is 28.7. The number of nitrogens with zero attached hydrogens (tertiary/aromatic N) is 1. The second kappa shape index (κ2) is 11.0. The lowest BCUT2D eigenvalue weighted by Crippen LogP contribution is -2.37. The maximum absolute atomic E-state index is 12.5. The van der Waals surface area contributed by atoms with Crippen molar-refractivity contribution >= 4 is 52.0 Å². The van der Waals surface area contributed by atoms with Gasteiger partial charge in [-0.05, 0) is 47.0 Å². The van der Waals surface area contributed by atoms with Crippen LogP contribution in [0.1, 0.15) is 28.1 Å². The molecule has 168 valence electrons. The van der Waals surface area contributed by atoms with Crippen LogP contribution in [0.4, 0.5) is 13.6 Å². The first-order chi connectivity index (χ1) is 15.3. The average Bonchev–Trinajstić information content (AvgIpc) is 3.38. The Bertz CT molecular complexity index is 1020. The Morgan fingerprint density at radius 1 is 1.12 bits per heavy atom. The summed E-state index contributed by atoms with van der Waals surface area (Å²) in [7, 11) is 0. The minimum atomic E-state index is -2.93. The lowest BCUT2D eigenvalue weighted by atomic mass is 10.2. The first-order valence-corrected chi connectivity index (χ1v) is 11.2. The van der Waals surface area contributed by atoms with Crippen molar-refractivity contribution in [1.82, 2.24) is 10.2 Å². The second-order valence-corrected chi connectivity index (χ2v) is 8.47. The number of hydrogen-bond donors (Lipinski definition) is 1. The summed E-state index contributed by atoms with van der Waals surface area (Å²) in [6.07, 6.45) is 1.58. The van der Waals surface area contributed by atoms with Crippen molar-refractivity contribution < 1.29 is 32.7 Å². The molecule has 0 unspecified atom stereocenters. The van der Waals surface area contributed by atoms with Crippen molar-refractivity contribution in [2.45, 2.75) is 19.5 Å². The van der Waals surface area contributed by atoms with Crippen LogP contribution >= 0.6 is 23.1 Å². The Balaban J connectivity index is 1.46. The van der Waals surface area contributed by atoms with Crippen molar-refractivity contribution in [3.8, 4) is 5.75 Å². The summed E-state index contributed by atoms with van der Waals surface area (Å²) in [6.45, 7) is -2.87. The van der Waals surface area contributed by atoms with E-state index in [0.29, 0.717) is 10.4 Å². The van der Waals surface area contributed by atoms with Crippen LogP contribution in [0.5, 0.6) is 5.75 Å². The van der Waals surface area contributed by atoms with Gasteiger partial charge in [0.25, 0.3) is 11.1 Å². The molecule has 7 nitrogen and oxygen atoms in total. The predicted octanol–water partition coefficient (Wildman–Crippen LogP) is 4.17. The molecule has 2 heterocycles. The third-order valence-corrected chi connectivity index (χ3v) is 6.13. The van der Waals surface area contributed by atoms with Gasteiger partial charge in [0.2, 0.25) is 5.91 Å². The van der Waals surface area contributed by atoms with Gasteiger partial charge in [0.15, 0.2) is 5.78 Å². The number of alkyl halides is 2. The second-order valence-electron chi connectivity index (χ2n) is 6.53. The first kappa shape index (κ1) is 23.6. The van der Waals surface area contributed by atoms with E-state index in [9.17, 15) is 28.0 Å². The molecule has 1 fully saturated rings. The Hall–Kier alpha value is -3.05. The van der Waals surface area contributed by atoms with Gasteiger partial charge in [-0.1, -0.05) is 18.2 Å². The van der Waals surface area contributed by atoms with Crippen LogP contribution in [0, 0.1) is 0 Å². The third kappa shape index (κ3) is 6.47. The van der Waals surface area contributed by atoms with Crippen LogP contribution in [-0.4, -0.2) is 47.4 Å². The summed E-state index contributed by atoms with van der Waals surface area (Å²) in [5.74, 6) is -0.975. The Labute approximate surface area is 190 Å². The number of ketones is 1. The number of ether oxygens (including phenoxy) is 1. The fraction of sp³-hybridized carbons (Fsp3) is 0.238. The van der Waals surface area contributed by atoms with Crippen LogP contribution in [-0.2, 0) is 9.59 Å². The Kier molecular flexibility index (Phi) is 8.12. The molecule has 0 aliphatic carbocycles. The molecule has 1 aromatic heterocycles. The smallest absolute Gasteiger partial charge is 0.387 e. The standard InChI is InChI=1S/C21H18F2N2O5S2/c22-20(23)30-14-5-3-13(4-6-14)12-17-19(28)25(21(29)32-17)10-9-24-18(27)8-7-15(26)16-2-1-11-31-16/h1-6,11-12,20H,7-10H2,(H,24,27)/b17-12-. The van der Waals surface area contributed by atoms with Crippen molar-refractivity contribution in [3.63, 3.8) is 0 Å². The molecule has 0 bridgehead atoms. The molecule has 1 aliphatic rings. The largest absolute Gasteiger partial charge is 0.435 e. The molecule has 1 aromatic carbocycles. The zero-order valence-corrected chi connectivity index (χ0v) is 18.2. The number of hydrogen-bond acceptors (Lipinski definition) is 7. The van der Waals surface area contributed by atoms with E-state index in [1.807, 2.05) is 0 Å². The van der Waals surface area contributed by atoms with Crippen molar-refractivity contribution in [3.05, 3.63) is 57.1 Å². The highest BCUT2D eigenvalue weighted by Crippen LogP contribution is 2.32. The average molecular weight is 481 g/mol. The van der Waals surface area contributed by atoms with Crippen LogP contribution in [0.3, 0.4) is 0 Å². The monoisotopic (exact) mass is 480 g/mol. The highest BCUT2D eigenvalue weighted by molar-refractivity contribution is 8.18. The molecule has 1 saturated heterocycles. The number of imide groups is 1. The van der Waals surface area contributed by atoms with Gasteiger partial charge in [-0.2, -0.15) is 8.78 Å². The van der Waals surface area contributed by atoms with Crippen LogP contribution in [0.2, 0.25) is 0 Å². The van der Waals surface area contributed by atoms with Gasteiger partial charge >= 0.3 is 6.61 Å². The minimum Gasteiger partial charge on any atom is -0.435 e. The summed E-state index contributed by atoms with van der Waals surface area (Å²) in [5.41, 5.74) is 0.542. The molecule has 0 spiro atoms. The number of nitrogens with one attached hydrogen (secondary N) is 1. The van der Waals surface area contributed by atoms with Gasteiger partial charge in [0.05, 0.1) is 9.78 Å². The van der Waals surface area contributed by atoms with Crippen LogP contribution in [0.15, 0.2) is 46.7 Å². The molecule has 32 heavy (non-hydrogen) atoms. The number of rotatable bonds is 10.